The number of aromatic nitrogens is 1. The molecule has 2 nitrogen and oxygen atoms in total. The van der Waals surface area contributed by atoms with Crippen molar-refractivity contribution >= 4 is 17.4 Å². The molecule has 0 aliphatic heterocycles. The van der Waals surface area contributed by atoms with E-state index in [0.717, 1.165) is 11.6 Å². The normalized spacial score (nSPS) is 10.2. The number of nitrogens with zero attached hydrogens (tertiary/aromatic N) is 1. The van der Waals surface area contributed by atoms with Crippen LogP contribution < -0.4 is 0 Å². The minimum absolute atomic E-state index is 0.0189. The van der Waals surface area contributed by atoms with Crippen LogP contribution in [-0.4, -0.2) is 10.8 Å². The van der Waals surface area contributed by atoms with E-state index in [1.807, 2.05) is 0 Å². The molecule has 1 heterocycles. The molecule has 2 rings (SSSR count). The van der Waals surface area contributed by atoms with E-state index in [1.54, 1.807) is 24.5 Å². The van der Waals surface area contributed by atoms with Gasteiger partial charge in [-0.2, -0.15) is 0 Å². The SMILES string of the molecule is O=C(Cc1ccncc1)c1ccc(Cl)c(F)c1. The summed E-state index contributed by atoms with van der Waals surface area (Å²) in [4.78, 5) is 15.7. The van der Waals surface area contributed by atoms with Gasteiger partial charge in [-0.1, -0.05) is 11.6 Å². The minimum atomic E-state index is -0.577. The first-order valence-corrected chi connectivity index (χ1v) is 5.42. The van der Waals surface area contributed by atoms with Crippen molar-refractivity contribution in [2.24, 2.45) is 0 Å². The predicted octanol–water partition coefficient (Wildman–Crippen LogP) is 3.30. The number of ketones is 1. The molecular formula is C13H9ClFNO. The molecule has 17 heavy (non-hydrogen) atoms. The van der Waals surface area contributed by atoms with Crippen LogP contribution in [-0.2, 0) is 6.42 Å². The molecule has 0 saturated carbocycles. The lowest BCUT2D eigenvalue weighted by atomic mass is 10.0. The minimum Gasteiger partial charge on any atom is -0.294 e. The van der Waals surface area contributed by atoms with Gasteiger partial charge >= 0.3 is 0 Å². The quantitative estimate of drug-likeness (QED) is 0.782. The zero-order valence-corrected chi connectivity index (χ0v) is 9.62. The largest absolute Gasteiger partial charge is 0.294 e. The summed E-state index contributed by atoms with van der Waals surface area (Å²) in [6, 6.07) is 7.58. The van der Waals surface area contributed by atoms with Gasteiger partial charge in [-0.25, -0.2) is 4.39 Å². The van der Waals surface area contributed by atoms with Crippen LogP contribution in [0.25, 0.3) is 0 Å². The molecule has 0 fully saturated rings. The first-order chi connectivity index (χ1) is 8.16. The summed E-state index contributed by atoms with van der Waals surface area (Å²) < 4.78 is 13.2. The van der Waals surface area contributed by atoms with E-state index >= 15 is 0 Å². The Morgan fingerprint density at radius 3 is 2.59 bits per heavy atom. The number of hydrogen-bond donors (Lipinski definition) is 0. The van der Waals surface area contributed by atoms with E-state index in [1.165, 1.54) is 12.1 Å². The number of hydrogen-bond acceptors (Lipinski definition) is 2. The summed E-state index contributed by atoms with van der Waals surface area (Å²) in [6.45, 7) is 0. The molecule has 0 saturated heterocycles. The number of pyridine rings is 1. The number of carbonyl (C=O) groups excluding carboxylic acids is 1. The van der Waals surface area contributed by atoms with Crippen LogP contribution in [0, 0.1) is 5.82 Å². The first kappa shape index (κ1) is 11.7. The molecule has 0 aliphatic carbocycles. The van der Waals surface area contributed by atoms with E-state index in [4.69, 9.17) is 11.6 Å². The maximum Gasteiger partial charge on any atom is 0.167 e. The molecule has 2 aromatic rings. The molecule has 0 bridgehead atoms. The molecule has 1 aromatic heterocycles. The van der Waals surface area contributed by atoms with Crippen LogP contribution in [0.4, 0.5) is 4.39 Å². The van der Waals surface area contributed by atoms with Gasteiger partial charge in [0.15, 0.2) is 5.78 Å². The highest BCUT2D eigenvalue weighted by Gasteiger charge is 2.09. The van der Waals surface area contributed by atoms with Gasteiger partial charge in [0.05, 0.1) is 5.02 Å². The molecule has 0 unspecified atom stereocenters. The summed E-state index contributed by atoms with van der Waals surface area (Å²) in [5.41, 5.74) is 1.17. The lowest BCUT2D eigenvalue weighted by Crippen LogP contribution is -2.04. The third kappa shape index (κ3) is 2.88. The maximum atomic E-state index is 13.2. The smallest absolute Gasteiger partial charge is 0.167 e. The lowest BCUT2D eigenvalue weighted by molar-refractivity contribution is 0.0992. The molecule has 1 aromatic carbocycles. The molecule has 0 spiro atoms. The van der Waals surface area contributed by atoms with E-state index in [2.05, 4.69) is 4.98 Å². The van der Waals surface area contributed by atoms with Crippen molar-refractivity contribution in [2.45, 2.75) is 6.42 Å². The fraction of sp³-hybridized carbons (Fsp3) is 0.0769. The summed E-state index contributed by atoms with van der Waals surface area (Å²) in [5, 5.41) is 0.0189. The molecule has 4 heteroatoms. The number of benzene rings is 1. The van der Waals surface area contributed by atoms with Crippen molar-refractivity contribution in [1.82, 2.24) is 4.98 Å². The van der Waals surface area contributed by atoms with Gasteiger partial charge in [0.1, 0.15) is 5.82 Å². The second-order valence-corrected chi connectivity index (χ2v) is 3.99. The first-order valence-electron chi connectivity index (χ1n) is 5.04. The summed E-state index contributed by atoms with van der Waals surface area (Å²) >= 11 is 5.55. The standard InChI is InChI=1S/C13H9ClFNO/c14-11-2-1-10(8-12(11)15)13(17)7-9-3-5-16-6-4-9/h1-6,8H,7H2. The Labute approximate surface area is 103 Å². The van der Waals surface area contributed by atoms with Gasteiger partial charge in [-0.15, -0.1) is 0 Å². The molecule has 0 aliphatic rings. The van der Waals surface area contributed by atoms with Crippen molar-refractivity contribution in [3.63, 3.8) is 0 Å². The van der Waals surface area contributed by atoms with Gasteiger partial charge in [0.25, 0.3) is 0 Å². The number of halogens is 2. The number of rotatable bonds is 3. The summed E-state index contributed by atoms with van der Waals surface area (Å²) in [6.07, 6.45) is 3.46. The highest BCUT2D eigenvalue weighted by molar-refractivity contribution is 6.30. The Kier molecular flexibility index (Phi) is 3.49. The lowest BCUT2D eigenvalue weighted by Gasteiger charge is -2.02. The molecule has 86 valence electrons. The molecule has 0 amide bonds. The third-order valence-electron chi connectivity index (χ3n) is 2.36. The summed E-state index contributed by atoms with van der Waals surface area (Å²) in [7, 11) is 0. The Balaban J connectivity index is 2.18. The van der Waals surface area contributed by atoms with E-state index < -0.39 is 5.82 Å². The Morgan fingerprint density at radius 1 is 1.24 bits per heavy atom. The van der Waals surface area contributed by atoms with Crippen LogP contribution in [0.2, 0.25) is 5.02 Å². The molecule has 0 atom stereocenters. The van der Waals surface area contributed by atoms with Crippen molar-refractivity contribution in [3.05, 3.63) is 64.7 Å². The zero-order valence-electron chi connectivity index (χ0n) is 8.86. The van der Waals surface area contributed by atoms with Crippen LogP contribution in [0.3, 0.4) is 0 Å². The molecule has 0 radical (unpaired) electrons. The molecular weight excluding hydrogens is 241 g/mol. The van der Waals surface area contributed by atoms with Gasteiger partial charge in [-0.05, 0) is 35.9 Å². The second kappa shape index (κ2) is 5.06. The monoisotopic (exact) mass is 249 g/mol. The molecule has 0 N–H and O–H groups in total. The second-order valence-electron chi connectivity index (χ2n) is 3.58. The topological polar surface area (TPSA) is 30.0 Å². The fourth-order valence-electron chi connectivity index (χ4n) is 1.46. The van der Waals surface area contributed by atoms with Crippen molar-refractivity contribution in [2.75, 3.05) is 0 Å². The highest BCUT2D eigenvalue weighted by Crippen LogP contribution is 2.16. The third-order valence-corrected chi connectivity index (χ3v) is 2.66. The number of Topliss-reactive ketones (excluding diaryl/α,β-unsaturated/α-hetero) is 1. The van der Waals surface area contributed by atoms with Gasteiger partial charge in [-0.3, -0.25) is 9.78 Å². The van der Waals surface area contributed by atoms with Crippen LogP contribution >= 0.6 is 11.6 Å². The van der Waals surface area contributed by atoms with Gasteiger partial charge in [0, 0.05) is 24.4 Å². The van der Waals surface area contributed by atoms with Gasteiger partial charge in [0.2, 0.25) is 0 Å². The zero-order chi connectivity index (χ0) is 12.3. The maximum absolute atomic E-state index is 13.2. The van der Waals surface area contributed by atoms with Gasteiger partial charge < -0.3 is 0 Å². The van der Waals surface area contributed by atoms with Crippen molar-refractivity contribution in [1.29, 1.82) is 0 Å². The van der Waals surface area contributed by atoms with Crippen LogP contribution in [0.5, 0.6) is 0 Å². The highest BCUT2D eigenvalue weighted by atomic mass is 35.5. The van der Waals surface area contributed by atoms with Crippen molar-refractivity contribution < 1.29 is 9.18 Å². The Morgan fingerprint density at radius 2 is 1.94 bits per heavy atom. The average molecular weight is 250 g/mol. The van der Waals surface area contributed by atoms with Crippen LogP contribution in [0.1, 0.15) is 15.9 Å². The van der Waals surface area contributed by atoms with E-state index in [-0.39, 0.29) is 17.2 Å². The number of carbonyl (C=O) groups is 1. The Bertz CT molecular complexity index is 542. The van der Waals surface area contributed by atoms with Crippen LogP contribution in [0.15, 0.2) is 42.7 Å². The Hall–Kier alpha value is -1.74. The predicted molar refractivity (Wildman–Crippen MR) is 63.7 cm³/mol. The van der Waals surface area contributed by atoms with Crippen molar-refractivity contribution in [3.8, 4) is 0 Å². The summed E-state index contributed by atoms with van der Waals surface area (Å²) in [5.74, 6) is -0.723. The fourth-order valence-corrected chi connectivity index (χ4v) is 1.58. The average Bonchev–Trinajstić information content (AvgIpc) is 2.34. The van der Waals surface area contributed by atoms with E-state index in [9.17, 15) is 9.18 Å². The van der Waals surface area contributed by atoms with E-state index in [0.29, 0.717) is 5.56 Å².